The number of anilines is 1. The molecule has 6 heteroatoms. The van der Waals surface area contributed by atoms with Crippen LogP contribution in [0.2, 0.25) is 5.02 Å². The normalized spacial score (nSPS) is 10.5. The SMILES string of the molecule is Nc1cc(Br)c(OCc2cc(F)ccc2Cl)c(Br)c1. The summed E-state index contributed by atoms with van der Waals surface area (Å²) in [5.41, 5.74) is 6.88. The summed E-state index contributed by atoms with van der Waals surface area (Å²) in [4.78, 5) is 0. The lowest BCUT2D eigenvalue weighted by molar-refractivity contribution is 0.302. The third-order valence-corrected chi connectivity index (χ3v) is 3.95. The molecule has 0 heterocycles. The summed E-state index contributed by atoms with van der Waals surface area (Å²) in [6.07, 6.45) is 0. The topological polar surface area (TPSA) is 35.2 Å². The van der Waals surface area contributed by atoms with Crippen LogP contribution in [0.1, 0.15) is 5.56 Å². The van der Waals surface area contributed by atoms with Gasteiger partial charge in [-0.15, -0.1) is 0 Å². The maximum atomic E-state index is 13.1. The van der Waals surface area contributed by atoms with E-state index in [1.807, 2.05) is 0 Å². The Kier molecular flexibility index (Phi) is 4.71. The predicted molar refractivity (Wildman–Crippen MR) is 82.0 cm³/mol. The predicted octanol–water partition coefficient (Wildman–Crippen LogP) is 5.17. The minimum absolute atomic E-state index is 0.164. The lowest BCUT2D eigenvalue weighted by Crippen LogP contribution is -1.99. The zero-order valence-corrected chi connectivity index (χ0v) is 13.5. The number of hydrogen-bond acceptors (Lipinski definition) is 2. The fourth-order valence-electron chi connectivity index (χ4n) is 1.52. The minimum atomic E-state index is -0.349. The molecule has 0 radical (unpaired) electrons. The Labute approximate surface area is 132 Å². The third kappa shape index (κ3) is 3.61. The third-order valence-electron chi connectivity index (χ3n) is 2.40. The molecule has 0 fully saturated rings. The van der Waals surface area contributed by atoms with Crippen molar-refractivity contribution in [3.8, 4) is 5.75 Å². The van der Waals surface area contributed by atoms with Crippen LogP contribution in [0.5, 0.6) is 5.75 Å². The summed E-state index contributed by atoms with van der Waals surface area (Å²) in [7, 11) is 0. The zero-order valence-electron chi connectivity index (χ0n) is 9.59. The zero-order chi connectivity index (χ0) is 14.0. The Morgan fingerprint density at radius 2 is 1.79 bits per heavy atom. The molecule has 100 valence electrons. The molecule has 2 aromatic rings. The Balaban J connectivity index is 2.21. The minimum Gasteiger partial charge on any atom is -0.486 e. The van der Waals surface area contributed by atoms with E-state index in [2.05, 4.69) is 31.9 Å². The van der Waals surface area contributed by atoms with E-state index in [1.54, 1.807) is 12.1 Å². The van der Waals surface area contributed by atoms with Crippen molar-refractivity contribution in [3.63, 3.8) is 0 Å². The lowest BCUT2D eigenvalue weighted by Gasteiger charge is -2.12. The second kappa shape index (κ2) is 6.11. The first-order valence-corrected chi connectivity index (χ1v) is 7.25. The fraction of sp³-hybridized carbons (Fsp3) is 0.0769. The first kappa shape index (κ1) is 14.6. The summed E-state index contributed by atoms with van der Waals surface area (Å²) in [5.74, 6) is 0.243. The molecule has 0 aliphatic carbocycles. The van der Waals surface area contributed by atoms with Gasteiger partial charge in [-0.3, -0.25) is 0 Å². The van der Waals surface area contributed by atoms with E-state index in [0.717, 1.165) is 0 Å². The average molecular weight is 409 g/mol. The van der Waals surface area contributed by atoms with Crippen LogP contribution >= 0.6 is 43.5 Å². The summed E-state index contributed by atoms with van der Waals surface area (Å²) < 4.78 is 20.2. The van der Waals surface area contributed by atoms with Crippen LogP contribution in [0, 0.1) is 5.82 Å². The fourth-order valence-corrected chi connectivity index (χ4v) is 3.14. The van der Waals surface area contributed by atoms with Crippen LogP contribution in [0.3, 0.4) is 0 Å². The molecule has 2 aromatic carbocycles. The largest absolute Gasteiger partial charge is 0.486 e. The first-order chi connectivity index (χ1) is 8.97. The van der Waals surface area contributed by atoms with E-state index < -0.39 is 0 Å². The van der Waals surface area contributed by atoms with Crippen molar-refractivity contribution in [2.75, 3.05) is 5.73 Å². The number of halogens is 4. The van der Waals surface area contributed by atoms with Gasteiger partial charge in [-0.1, -0.05) is 11.6 Å². The van der Waals surface area contributed by atoms with Crippen molar-refractivity contribution in [2.45, 2.75) is 6.61 Å². The maximum Gasteiger partial charge on any atom is 0.148 e. The molecule has 0 saturated carbocycles. The number of nitrogens with two attached hydrogens (primary N) is 1. The van der Waals surface area contributed by atoms with Crippen molar-refractivity contribution in [2.24, 2.45) is 0 Å². The van der Waals surface area contributed by atoms with Gasteiger partial charge < -0.3 is 10.5 Å². The molecule has 2 N–H and O–H groups in total. The molecule has 0 aromatic heterocycles. The van der Waals surface area contributed by atoms with E-state index in [-0.39, 0.29) is 12.4 Å². The van der Waals surface area contributed by atoms with Gasteiger partial charge in [0, 0.05) is 16.3 Å². The second-order valence-corrected chi connectivity index (χ2v) is 5.95. The molecule has 0 aliphatic rings. The molecule has 0 amide bonds. The van der Waals surface area contributed by atoms with Gasteiger partial charge in [0.25, 0.3) is 0 Å². The summed E-state index contributed by atoms with van der Waals surface area (Å²) >= 11 is 12.7. The Bertz CT molecular complexity index is 599. The monoisotopic (exact) mass is 407 g/mol. The average Bonchev–Trinajstić information content (AvgIpc) is 2.32. The van der Waals surface area contributed by atoms with Crippen molar-refractivity contribution < 1.29 is 9.13 Å². The highest BCUT2D eigenvalue weighted by Crippen LogP contribution is 2.36. The van der Waals surface area contributed by atoms with Gasteiger partial charge in [0.15, 0.2) is 0 Å². The van der Waals surface area contributed by atoms with Crippen molar-refractivity contribution in [3.05, 3.63) is 55.7 Å². The van der Waals surface area contributed by atoms with E-state index in [4.69, 9.17) is 22.1 Å². The van der Waals surface area contributed by atoms with Gasteiger partial charge >= 0.3 is 0 Å². The highest BCUT2D eigenvalue weighted by Gasteiger charge is 2.10. The molecule has 0 spiro atoms. The van der Waals surface area contributed by atoms with E-state index in [1.165, 1.54) is 18.2 Å². The van der Waals surface area contributed by atoms with Crippen LogP contribution in [-0.4, -0.2) is 0 Å². The molecule has 19 heavy (non-hydrogen) atoms. The van der Waals surface area contributed by atoms with E-state index in [0.29, 0.717) is 31.0 Å². The number of nitrogen functional groups attached to an aromatic ring is 1. The molecule has 2 nitrogen and oxygen atoms in total. The number of ether oxygens (including phenoxy) is 1. The van der Waals surface area contributed by atoms with Gasteiger partial charge in [-0.25, -0.2) is 4.39 Å². The molecular formula is C13H9Br2ClFNO. The quantitative estimate of drug-likeness (QED) is 0.711. The first-order valence-electron chi connectivity index (χ1n) is 5.28. The number of rotatable bonds is 3. The molecule has 0 unspecified atom stereocenters. The second-order valence-electron chi connectivity index (χ2n) is 3.84. The summed E-state index contributed by atoms with van der Waals surface area (Å²) in [5, 5.41) is 0.462. The summed E-state index contributed by atoms with van der Waals surface area (Å²) in [6.45, 7) is 0.164. The van der Waals surface area contributed by atoms with Crippen LogP contribution in [-0.2, 0) is 6.61 Å². The van der Waals surface area contributed by atoms with Crippen LogP contribution in [0.15, 0.2) is 39.3 Å². The van der Waals surface area contributed by atoms with Gasteiger partial charge in [0.2, 0.25) is 0 Å². The van der Waals surface area contributed by atoms with Crippen molar-refractivity contribution >= 4 is 49.1 Å². The molecule has 0 bridgehead atoms. The smallest absolute Gasteiger partial charge is 0.148 e. The number of benzene rings is 2. The Morgan fingerprint density at radius 3 is 2.42 bits per heavy atom. The molecule has 2 rings (SSSR count). The van der Waals surface area contributed by atoms with E-state index in [9.17, 15) is 4.39 Å². The highest BCUT2D eigenvalue weighted by molar-refractivity contribution is 9.11. The number of hydrogen-bond donors (Lipinski definition) is 1. The van der Waals surface area contributed by atoms with Crippen LogP contribution < -0.4 is 10.5 Å². The maximum absolute atomic E-state index is 13.1. The standard InChI is InChI=1S/C13H9Br2ClFNO/c14-10-4-9(18)5-11(15)13(10)19-6-7-3-8(17)1-2-12(7)16/h1-5H,6,18H2. The molecule has 0 atom stereocenters. The van der Waals surface area contributed by atoms with Gasteiger partial charge in [-0.2, -0.15) is 0 Å². The Morgan fingerprint density at radius 1 is 1.16 bits per heavy atom. The van der Waals surface area contributed by atoms with Crippen molar-refractivity contribution in [1.29, 1.82) is 0 Å². The summed E-state index contributed by atoms with van der Waals surface area (Å²) in [6, 6.07) is 7.62. The van der Waals surface area contributed by atoms with Gasteiger partial charge in [0.1, 0.15) is 18.2 Å². The highest BCUT2D eigenvalue weighted by atomic mass is 79.9. The van der Waals surface area contributed by atoms with Crippen LogP contribution in [0.4, 0.5) is 10.1 Å². The molecular weight excluding hydrogens is 400 g/mol. The Hall–Kier alpha value is -0.780. The molecule has 0 aliphatic heterocycles. The van der Waals surface area contributed by atoms with Crippen molar-refractivity contribution in [1.82, 2.24) is 0 Å². The lowest BCUT2D eigenvalue weighted by atomic mass is 10.2. The van der Waals surface area contributed by atoms with E-state index >= 15 is 0 Å². The van der Waals surface area contributed by atoms with Gasteiger partial charge in [-0.05, 0) is 62.2 Å². The molecule has 0 saturated heterocycles. The van der Waals surface area contributed by atoms with Crippen LogP contribution in [0.25, 0.3) is 0 Å². The van der Waals surface area contributed by atoms with Gasteiger partial charge in [0.05, 0.1) is 8.95 Å².